The number of aromatic hydroxyl groups is 1. The van der Waals surface area contributed by atoms with E-state index in [4.69, 9.17) is 10.00 Å². The Kier molecular flexibility index (Phi) is 3.50. The van der Waals surface area contributed by atoms with Gasteiger partial charge >= 0.3 is 0 Å². The zero-order chi connectivity index (χ0) is 15.9. The Morgan fingerprint density at radius 2 is 2.32 bits per heavy atom. The maximum Gasteiger partial charge on any atom is 0.259 e. The summed E-state index contributed by atoms with van der Waals surface area (Å²) in [4.78, 5) is 14.3. The van der Waals surface area contributed by atoms with E-state index in [0.717, 1.165) is 0 Å². The summed E-state index contributed by atoms with van der Waals surface area (Å²) in [5.41, 5.74) is 0.339. The van der Waals surface area contributed by atoms with E-state index in [9.17, 15) is 9.90 Å². The van der Waals surface area contributed by atoms with Crippen molar-refractivity contribution >= 4 is 27.7 Å². The molecule has 0 aliphatic carbocycles. The highest BCUT2D eigenvalue weighted by atomic mass is 79.9. The number of amides is 1. The first kappa shape index (κ1) is 14.4. The van der Waals surface area contributed by atoms with Crippen molar-refractivity contribution in [3.05, 3.63) is 33.9 Å². The molecular formula is C14H11BrN4O3. The Bertz CT molecular complexity index is 809. The van der Waals surface area contributed by atoms with Gasteiger partial charge in [-0.3, -0.25) is 9.69 Å². The summed E-state index contributed by atoms with van der Waals surface area (Å²) in [6, 6.07) is 4.73. The first-order valence-electron chi connectivity index (χ1n) is 6.42. The van der Waals surface area contributed by atoms with Crippen molar-refractivity contribution in [1.82, 2.24) is 9.78 Å². The van der Waals surface area contributed by atoms with Gasteiger partial charge in [-0.2, -0.15) is 10.4 Å². The standard InChI is InChI=1S/C14H11BrN4O3/c1-18-13-11(7-17-18)22-3-2-19(13)14(21)8-4-9(6-16)12(20)10(15)5-8/h4-5,7,20H,2-3H2,1H3. The molecule has 0 saturated carbocycles. The van der Waals surface area contributed by atoms with Crippen LogP contribution in [0.5, 0.6) is 11.5 Å². The van der Waals surface area contributed by atoms with E-state index < -0.39 is 0 Å². The third-order valence-electron chi connectivity index (χ3n) is 3.38. The monoisotopic (exact) mass is 362 g/mol. The number of phenolic OH excluding ortho intramolecular Hbond substituents is 1. The van der Waals surface area contributed by atoms with Gasteiger partial charge in [-0.15, -0.1) is 0 Å². The number of benzene rings is 1. The van der Waals surface area contributed by atoms with Crippen LogP contribution in [-0.4, -0.2) is 33.9 Å². The van der Waals surface area contributed by atoms with Crippen LogP contribution in [0, 0.1) is 11.3 Å². The van der Waals surface area contributed by atoms with Crippen molar-refractivity contribution in [3.63, 3.8) is 0 Å². The number of nitriles is 1. The normalized spacial score (nSPS) is 13.2. The minimum atomic E-state index is -0.287. The molecule has 1 amide bonds. The summed E-state index contributed by atoms with van der Waals surface area (Å²) < 4.78 is 7.33. The summed E-state index contributed by atoms with van der Waals surface area (Å²) >= 11 is 3.15. The van der Waals surface area contributed by atoms with Crippen LogP contribution in [0.25, 0.3) is 0 Å². The topological polar surface area (TPSA) is 91.4 Å². The Morgan fingerprint density at radius 3 is 3.05 bits per heavy atom. The average Bonchev–Trinajstić information content (AvgIpc) is 2.91. The highest BCUT2D eigenvalue weighted by Gasteiger charge is 2.29. The quantitative estimate of drug-likeness (QED) is 0.834. The number of nitrogens with zero attached hydrogens (tertiary/aromatic N) is 4. The number of carbonyl (C=O) groups excluding carboxylic acids is 1. The average molecular weight is 363 g/mol. The molecule has 0 bridgehead atoms. The van der Waals surface area contributed by atoms with E-state index in [0.29, 0.717) is 34.8 Å². The minimum absolute atomic E-state index is 0.0382. The van der Waals surface area contributed by atoms with E-state index in [2.05, 4.69) is 21.0 Å². The Morgan fingerprint density at radius 1 is 1.55 bits per heavy atom. The number of fused-ring (bicyclic) bond motifs is 1. The van der Waals surface area contributed by atoms with Gasteiger partial charge in [-0.25, -0.2) is 4.68 Å². The maximum atomic E-state index is 12.8. The number of hydrogen-bond donors (Lipinski definition) is 1. The van der Waals surface area contributed by atoms with Gasteiger partial charge in [0.1, 0.15) is 18.4 Å². The van der Waals surface area contributed by atoms with Gasteiger partial charge in [-0.05, 0) is 28.1 Å². The molecule has 0 saturated heterocycles. The van der Waals surface area contributed by atoms with Crippen LogP contribution in [0.3, 0.4) is 0 Å². The van der Waals surface area contributed by atoms with Gasteiger partial charge in [0, 0.05) is 12.6 Å². The molecule has 0 unspecified atom stereocenters. The maximum absolute atomic E-state index is 12.8. The number of ether oxygens (including phenoxy) is 1. The Hall–Kier alpha value is -2.53. The second-order valence-corrected chi connectivity index (χ2v) is 5.58. The first-order valence-corrected chi connectivity index (χ1v) is 7.21. The van der Waals surface area contributed by atoms with Crippen LogP contribution < -0.4 is 9.64 Å². The number of aromatic nitrogens is 2. The third kappa shape index (κ3) is 2.19. The van der Waals surface area contributed by atoms with Gasteiger partial charge in [0.15, 0.2) is 11.6 Å². The predicted octanol–water partition coefficient (Wildman–Crippen LogP) is 1.80. The van der Waals surface area contributed by atoms with Crippen molar-refractivity contribution < 1.29 is 14.6 Å². The molecule has 112 valence electrons. The van der Waals surface area contributed by atoms with Gasteiger partial charge in [0.25, 0.3) is 5.91 Å². The number of hydrogen-bond acceptors (Lipinski definition) is 5. The zero-order valence-corrected chi connectivity index (χ0v) is 13.2. The molecular weight excluding hydrogens is 352 g/mol. The SMILES string of the molecule is Cn1ncc2c1N(C(=O)c1cc(Br)c(O)c(C#N)c1)CCO2. The second-order valence-electron chi connectivity index (χ2n) is 4.73. The summed E-state index contributed by atoms with van der Waals surface area (Å²) in [7, 11) is 1.72. The van der Waals surface area contributed by atoms with Gasteiger partial charge in [0.05, 0.1) is 22.8 Å². The predicted molar refractivity (Wildman–Crippen MR) is 80.9 cm³/mol. The minimum Gasteiger partial charge on any atom is -0.505 e. The summed E-state index contributed by atoms with van der Waals surface area (Å²) in [6.07, 6.45) is 1.56. The van der Waals surface area contributed by atoms with Crippen LogP contribution in [0.2, 0.25) is 0 Å². The fourth-order valence-corrected chi connectivity index (χ4v) is 2.79. The molecule has 7 nitrogen and oxygen atoms in total. The summed E-state index contributed by atoms with van der Waals surface area (Å²) in [5.74, 6) is 0.645. The van der Waals surface area contributed by atoms with Gasteiger partial charge < -0.3 is 9.84 Å². The number of phenols is 1. The number of anilines is 1. The van der Waals surface area contributed by atoms with E-state index in [1.165, 1.54) is 12.1 Å². The highest BCUT2D eigenvalue weighted by molar-refractivity contribution is 9.10. The number of aryl methyl sites for hydroxylation is 1. The zero-order valence-electron chi connectivity index (χ0n) is 11.6. The molecule has 3 rings (SSSR count). The number of carbonyl (C=O) groups is 1. The lowest BCUT2D eigenvalue weighted by Crippen LogP contribution is -2.39. The Labute approximate surface area is 134 Å². The molecule has 0 spiro atoms. The lowest BCUT2D eigenvalue weighted by atomic mass is 10.1. The van der Waals surface area contributed by atoms with Crippen molar-refractivity contribution in [2.45, 2.75) is 0 Å². The highest BCUT2D eigenvalue weighted by Crippen LogP contribution is 2.33. The number of halogens is 1. The third-order valence-corrected chi connectivity index (χ3v) is 3.98. The molecule has 2 heterocycles. The fraction of sp³-hybridized carbons (Fsp3) is 0.214. The second kappa shape index (κ2) is 5.35. The molecule has 1 aromatic carbocycles. The van der Waals surface area contributed by atoms with Crippen LogP contribution in [0.15, 0.2) is 22.8 Å². The smallest absolute Gasteiger partial charge is 0.259 e. The molecule has 1 aromatic heterocycles. The number of rotatable bonds is 1. The lowest BCUT2D eigenvalue weighted by molar-refractivity contribution is 0.0974. The van der Waals surface area contributed by atoms with Crippen LogP contribution in [0.4, 0.5) is 5.82 Å². The van der Waals surface area contributed by atoms with Crippen molar-refractivity contribution in [3.8, 4) is 17.6 Å². The molecule has 0 fully saturated rings. The molecule has 1 aliphatic heterocycles. The van der Waals surface area contributed by atoms with E-state index >= 15 is 0 Å². The molecule has 0 radical (unpaired) electrons. The molecule has 22 heavy (non-hydrogen) atoms. The van der Waals surface area contributed by atoms with E-state index in [1.807, 2.05) is 6.07 Å². The van der Waals surface area contributed by atoms with Gasteiger partial charge in [0.2, 0.25) is 0 Å². The van der Waals surface area contributed by atoms with Crippen LogP contribution in [0.1, 0.15) is 15.9 Å². The molecule has 1 N–H and O–H groups in total. The molecule has 8 heteroatoms. The summed E-state index contributed by atoms with van der Waals surface area (Å²) in [5, 5.41) is 22.9. The fourth-order valence-electron chi connectivity index (χ4n) is 2.33. The van der Waals surface area contributed by atoms with E-state index in [-0.39, 0.29) is 17.2 Å². The Balaban J connectivity index is 2.05. The summed E-state index contributed by atoms with van der Waals surface area (Å²) in [6.45, 7) is 0.751. The largest absolute Gasteiger partial charge is 0.505 e. The molecule has 1 aliphatic rings. The first-order chi connectivity index (χ1) is 10.5. The lowest BCUT2D eigenvalue weighted by Gasteiger charge is -2.27. The van der Waals surface area contributed by atoms with Crippen molar-refractivity contribution in [1.29, 1.82) is 5.26 Å². The van der Waals surface area contributed by atoms with Gasteiger partial charge in [-0.1, -0.05) is 0 Å². The van der Waals surface area contributed by atoms with Crippen LogP contribution in [-0.2, 0) is 7.05 Å². The van der Waals surface area contributed by atoms with Crippen LogP contribution >= 0.6 is 15.9 Å². The van der Waals surface area contributed by atoms with Crippen molar-refractivity contribution in [2.24, 2.45) is 7.05 Å². The molecule has 2 aromatic rings. The molecule has 0 atom stereocenters. The van der Waals surface area contributed by atoms with Crippen molar-refractivity contribution in [2.75, 3.05) is 18.1 Å². The van der Waals surface area contributed by atoms with E-state index in [1.54, 1.807) is 22.8 Å².